The maximum Gasteiger partial charge on any atom is 0.312 e. The number of urea groups is 1. The zero-order valence-corrected chi connectivity index (χ0v) is 8.82. The van der Waals surface area contributed by atoms with Gasteiger partial charge in [-0.2, -0.15) is 0 Å². The third-order valence-corrected chi connectivity index (χ3v) is 1.07. The van der Waals surface area contributed by atoms with Crippen LogP contribution in [0.2, 0.25) is 0 Å². The molecule has 0 aliphatic rings. The van der Waals surface area contributed by atoms with Gasteiger partial charge in [0.2, 0.25) is 0 Å². The quantitative estimate of drug-likeness (QED) is 0.507. The van der Waals surface area contributed by atoms with Crippen LogP contribution in [0.1, 0.15) is 26.7 Å². The van der Waals surface area contributed by atoms with Crippen LogP contribution in [0.4, 0.5) is 4.79 Å². The molecule has 0 radical (unpaired) electrons. The van der Waals surface area contributed by atoms with Crippen molar-refractivity contribution in [2.24, 2.45) is 10.7 Å². The first-order valence-electron chi connectivity index (χ1n) is 4.65. The van der Waals surface area contributed by atoms with Gasteiger partial charge in [0.15, 0.2) is 6.29 Å². The number of primary amides is 1. The molecule has 0 saturated heterocycles. The van der Waals surface area contributed by atoms with Crippen molar-refractivity contribution >= 4 is 18.5 Å². The summed E-state index contributed by atoms with van der Waals surface area (Å²) < 4.78 is 0. The topological polar surface area (TPSA) is 84.6 Å². The second-order valence-corrected chi connectivity index (χ2v) is 2.48. The minimum Gasteiger partial charge on any atom is -0.352 e. The molecule has 5 nitrogen and oxygen atoms in total. The molecule has 0 heterocycles. The first-order chi connectivity index (χ1) is 6.68. The minimum absolute atomic E-state index is 0.443. The molecule has 3 N–H and O–H groups in total. The smallest absolute Gasteiger partial charge is 0.312 e. The predicted octanol–water partition coefficient (Wildman–Crippen LogP) is 0.731. The second-order valence-electron chi connectivity index (χ2n) is 2.48. The van der Waals surface area contributed by atoms with Gasteiger partial charge in [-0.25, -0.2) is 4.79 Å². The molecule has 0 aliphatic carbocycles. The highest BCUT2D eigenvalue weighted by Gasteiger charge is 1.83. The van der Waals surface area contributed by atoms with Gasteiger partial charge in [-0.1, -0.05) is 13.8 Å². The average molecular weight is 201 g/mol. The molecule has 0 bridgehead atoms. The molecule has 14 heavy (non-hydrogen) atoms. The standard InChI is InChI=1S/C5H9NO.C4H10N2O/c1-2-3-6-4-5-7;1-2-3-6-4(5)7/h4-5H,2-3H2,1H3;2-3H2,1H3,(H3,5,6,7). The number of hydrogen-bond acceptors (Lipinski definition) is 3. The summed E-state index contributed by atoms with van der Waals surface area (Å²) in [5.41, 5.74) is 4.73. The molecule has 0 atom stereocenters. The van der Waals surface area contributed by atoms with Crippen molar-refractivity contribution in [3.05, 3.63) is 0 Å². The molecule has 0 aromatic heterocycles. The Bertz CT molecular complexity index is 169. The number of aliphatic imine (C=N–C) groups is 1. The van der Waals surface area contributed by atoms with E-state index in [1.807, 2.05) is 13.8 Å². The van der Waals surface area contributed by atoms with E-state index in [1.165, 1.54) is 6.21 Å². The van der Waals surface area contributed by atoms with Gasteiger partial charge >= 0.3 is 6.03 Å². The van der Waals surface area contributed by atoms with Crippen molar-refractivity contribution in [1.82, 2.24) is 5.32 Å². The maximum atomic E-state index is 9.87. The van der Waals surface area contributed by atoms with Crippen molar-refractivity contribution < 1.29 is 9.59 Å². The summed E-state index contributed by atoms with van der Waals surface area (Å²) in [6.07, 6.45) is 3.91. The normalized spacial score (nSPS) is 9.00. The SMILES string of the molecule is CCCN=CC=O.CCCNC(N)=O. The summed E-state index contributed by atoms with van der Waals surface area (Å²) in [5.74, 6) is 0. The van der Waals surface area contributed by atoms with Crippen LogP contribution in [-0.2, 0) is 4.79 Å². The van der Waals surface area contributed by atoms with Crippen LogP contribution in [0.25, 0.3) is 0 Å². The highest BCUT2D eigenvalue weighted by molar-refractivity contribution is 6.12. The van der Waals surface area contributed by atoms with Crippen molar-refractivity contribution in [2.45, 2.75) is 26.7 Å². The Morgan fingerprint density at radius 1 is 1.43 bits per heavy atom. The van der Waals surface area contributed by atoms with Gasteiger partial charge < -0.3 is 11.1 Å². The fourth-order valence-electron chi connectivity index (χ4n) is 0.495. The van der Waals surface area contributed by atoms with Crippen LogP contribution < -0.4 is 11.1 Å². The van der Waals surface area contributed by atoms with Gasteiger partial charge in [-0.3, -0.25) is 9.79 Å². The molecule has 0 unspecified atom stereocenters. The lowest BCUT2D eigenvalue weighted by atomic mass is 10.5. The Morgan fingerprint density at radius 2 is 2.07 bits per heavy atom. The first-order valence-corrected chi connectivity index (χ1v) is 4.65. The summed E-state index contributed by atoms with van der Waals surface area (Å²) in [4.78, 5) is 23.1. The molecule has 0 aromatic rings. The van der Waals surface area contributed by atoms with Gasteiger partial charge in [0, 0.05) is 13.1 Å². The number of amides is 2. The van der Waals surface area contributed by atoms with Gasteiger partial charge in [-0.15, -0.1) is 0 Å². The Labute approximate surface area is 84.8 Å². The van der Waals surface area contributed by atoms with E-state index in [0.717, 1.165) is 19.4 Å². The number of carbonyl (C=O) groups excluding carboxylic acids is 2. The molecular formula is C9H19N3O2. The number of rotatable bonds is 5. The number of nitrogens with two attached hydrogens (primary N) is 1. The third kappa shape index (κ3) is 22.4. The fourth-order valence-corrected chi connectivity index (χ4v) is 0.495. The zero-order chi connectivity index (χ0) is 11.2. The second kappa shape index (κ2) is 14.2. The van der Waals surface area contributed by atoms with Crippen LogP contribution >= 0.6 is 0 Å². The molecule has 0 fully saturated rings. The summed E-state index contributed by atoms with van der Waals surface area (Å²) in [7, 11) is 0. The van der Waals surface area contributed by atoms with E-state index in [-0.39, 0.29) is 0 Å². The lowest BCUT2D eigenvalue weighted by Crippen LogP contribution is -2.29. The summed E-state index contributed by atoms with van der Waals surface area (Å²) in [6.45, 7) is 5.42. The third-order valence-electron chi connectivity index (χ3n) is 1.07. The molecular weight excluding hydrogens is 182 g/mol. The fraction of sp³-hybridized carbons (Fsp3) is 0.667. The molecule has 82 valence electrons. The number of carbonyl (C=O) groups is 2. The van der Waals surface area contributed by atoms with Gasteiger partial charge in [-0.05, 0) is 12.8 Å². The molecule has 0 aliphatic heterocycles. The highest BCUT2D eigenvalue weighted by atomic mass is 16.2. The van der Waals surface area contributed by atoms with Crippen LogP contribution in [0, 0.1) is 0 Å². The summed E-state index contributed by atoms with van der Waals surface area (Å²) in [5, 5.41) is 2.43. The number of hydrogen-bond donors (Lipinski definition) is 2. The Balaban J connectivity index is 0. The summed E-state index contributed by atoms with van der Waals surface area (Å²) in [6, 6.07) is -0.443. The minimum atomic E-state index is -0.443. The lowest BCUT2D eigenvalue weighted by molar-refractivity contribution is -0.102. The van der Waals surface area contributed by atoms with Crippen LogP contribution in [0.5, 0.6) is 0 Å². The monoisotopic (exact) mass is 201 g/mol. The van der Waals surface area contributed by atoms with E-state index in [1.54, 1.807) is 0 Å². The molecule has 5 heteroatoms. The maximum absolute atomic E-state index is 9.87. The first kappa shape index (κ1) is 15.1. The molecule has 0 rings (SSSR count). The van der Waals surface area contributed by atoms with Crippen LogP contribution in [0.15, 0.2) is 4.99 Å². The van der Waals surface area contributed by atoms with E-state index in [4.69, 9.17) is 5.73 Å². The van der Waals surface area contributed by atoms with Gasteiger partial charge in [0.25, 0.3) is 0 Å². The van der Waals surface area contributed by atoms with Crippen molar-refractivity contribution in [3.63, 3.8) is 0 Å². The molecule has 0 spiro atoms. The Morgan fingerprint density at radius 3 is 2.36 bits per heavy atom. The van der Waals surface area contributed by atoms with Crippen LogP contribution in [0.3, 0.4) is 0 Å². The van der Waals surface area contributed by atoms with Crippen LogP contribution in [-0.4, -0.2) is 31.6 Å². The van der Waals surface area contributed by atoms with Crippen molar-refractivity contribution in [3.8, 4) is 0 Å². The number of aldehydes is 1. The number of nitrogens with one attached hydrogen (secondary N) is 1. The summed E-state index contributed by atoms with van der Waals surface area (Å²) >= 11 is 0. The van der Waals surface area contributed by atoms with Crippen molar-refractivity contribution in [1.29, 1.82) is 0 Å². The van der Waals surface area contributed by atoms with E-state index < -0.39 is 6.03 Å². The van der Waals surface area contributed by atoms with E-state index in [9.17, 15) is 9.59 Å². The van der Waals surface area contributed by atoms with E-state index >= 15 is 0 Å². The van der Waals surface area contributed by atoms with E-state index in [2.05, 4.69) is 10.3 Å². The zero-order valence-electron chi connectivity index (χ0n) is 8.82. The Kier molecular flexibility index (Phi) is 15.3. The molecule has 0 aromatic carbocycles. The lowest BCUT2D eigenvalue weighted by Gasteiger charge is -1.93. The average Bonchev–Trinajstić information content (AvgIpc) is 2.16. The largest absolute Gasteiger partial charge is 0.352 e. The predicted molar refractivity (Wildman–Crippen MR) is 57.6 cm³/mol. The highest BCUT2D eigenvalue weighted by Crippen LogP contribution is 1.72. The van der Waals surface area contributed by atoms with Crippen molar-refractivity contribution in [2.75, 3.05) is 13.1 Å². The molecule has 2 amide bonds. The van der Waals surface area contributed by atoms with E-state index in [0.29, 0.717) is 12.8 Å². The van der Waals surface area contributed by atoms with Gasteiger partial charge in [0.1, 0.15) is 0 Å². The van der Waals surface area contributed by atoms with Gasteiger partial charge in [0.05, 0.1) is 6.21 Å². The molecule has 0 saturated carbocycles. The number of nitrogens with zero attached hydrogens (tertiary/aromatic N) is 1. The Hall–Kier alpha value is -1.39.